The van der Waals surface area contributed by atoms with Crippen molar-refractivity contribution in [2.24, 2.45) is 0 Å². The molecule has 5 nitrogen and oxygen atoms in total. The Labute approximate surface area is 355 Å². The Morgan fingerprint density at radius 1 is 0.357 bits per heavy atom. The van der Waals surface area contributed by atoms with E-state index in [0.717, 1.165) is 26.3 Å². The van der Waals surface area contributed by atoms with Gasteiger partial charge in [0, 0.05) is 32.7 Å². The van der Waals surface area contributed by atoms with E-state index in [0.29, 0.717) is 0 Å². The zero-order valence-corrected chi connectivity index (χ0v) is 28.5. The number of aromatic nitrogens is 5. The highest BCUT2D eigenvalue weighted by atomic mass is 15.2. The van der Waals surface area contributed by atoms with Crippen LogP contribution in [0, 0.1) is 0 Å². The van der Waals surface area contributed by atoms with Gasteiger partial charge in [-0.05, 0) is 58.5 Å². The fourth-order valence-electron chi connectivity index (χ4n) is 6.69. The van der Waals surface area contributed by atoms with E-state index < -0.39 is 206 Å². The van der Waals surface area contributed by atoms with Crippen LogP contribution in [-0.2, 0) is 0 Å². The number of hydrogen-bond acceptors (Lipinski definition) is 3. The highest BCUT2D eigenvalue weighted by Crippen LogP contribution is 2.38. The number of hydrogen-bond donors (Lipinski definition) is 0. The Hall–Kier alpha value is -7.63. The average Bonchev–Trinajstić information content (AvgIpc) is 3.21. The van der Waals surface area contributed by atoms with Crippen molar-refractivity contribution in [1.29, 1.82) is 0 Å². The molecule has 0 saturated heterocycles. The molecule has 0 bridgehead atoms. The van der Waals surface area contributed by atoms with E-state index in [1.54, 1.807) is 24.3 Å². The molecular weight excluding hydrogens is 683 g/mol. The number of para-hydroxylation sites is 4. The van der Waals surface area contributed by atoms with Crippen molar-refractivity contribution in [3.8, 4) is 56.7 Å². The first-order chi connectivity index (χ1) is 37.3. The molecule has 0 spiro atoms. The molecule has 3 heterocycles. The summed E-state index contributed by atoms with van der Waals surface area (Å²) in [7, 11) is 0. The van der Waals surface area contributed by atoms with E-state index in [9.17, 15) is 12.3 Å². The second-order valence-electron chi connectivity index (χ2n) is 12.3. The molecule has 0 aliphatic heterocycles. The van der Waals surface area contributed by atoms with Gasteiger partial charge in [0.1, 0.15) is 0 Å². The second kappa shape index (κ2) is 13.0. The van der Waals surface area contributed by atoms with Gasteiger partial charge in [-0.15, -0.1) is 0 Å². The molecule has 3 aromatic heterocycles. The van der Waals surface area contributed by atoms with Crippen LogP contribution < -0.4 is 0 Å². The summed E-state index contributed by atoms with van der Waals surface area (Å²) in [5, 5.41) is -1.57. The smallest absolute Gasteiger partial charge is 0.238 e. The molecule has 8 aromatic carbocycles. The van der Waals surface area contributed by atoms with E-state index in [2.05, 4.69) is 0 Å². The molecule has 5 heteroatoms. The lowest BCUT2D eigenvalue weighted by Crippen LogP contribution is -2.07. The van der Waals surface area contributed by atoms with E-state index in [-0.39, 0.29) is 22.2 Å². The Kier molecular flexibility index (Phi) is 3.82. The SMILES string of the molecule is [2H]c1cc([2H])c2c(c1[2H])c1c([2H])c([2H])c(-c3c([2H])c([2H])c([2H])c([2H])c3[2H])c([2H])c1n2-c1c([2H])c([2H])c([2H])c([2H])c1-c1nc(-c2ccc(-c3ccccc3)cc2)nc(-n2c3c([2H])c([2H])c([2H])c([2H])c3c3c([2H])c([2H])c([2H])c([2H])c32)n1. The summed E-state index contributed by atoms with van der Waals surface area (Å²) in [6, 6.07) is -1.31. The summed E-state index contributed by atoms with van der Waals surface area (Å²) in [5.41, 5.74) is -2.81. The molecule has 0 aliphatic carbocycles. The van der Waals surface area contributed by atoms with E-state index in [1.807, 2.05) is 30.3 Å². The number of fused-ring (bicyclic) bond motifs is 6. The number of benzene rings is 8. The third-order valence-corrected chi connectivity index (χ3v) is 9.18. The highest BCUT2D eigenvalue weighted by molar-refractivity contribution is 6.11. The summed E-state index contributed by atoms with van der Waals surface area (Å²) in [5.74, 6) is -1.54. The third kappa shape index (κ3) is 5.21. The molecule has 0 amide bonds. The summed E-state index contributed by atoms with van der Waals surface area (Å²) < 4.78 is 209. The third-order valence-electron chi connectivity index (χ3n) is 9.18. The van der Waals surface area contributed by atoms with E-state index in [1.165, 1.54) is 0 Å². The van der Waals surface area contributed by atoms with Gasteiger partial charge in [0.25, 0.3) is 0 Å². The van der Waals surface area contributed by atoms with Crippen LogP contribution in [-0.4, -0.2) is 24.1 Å². The summed E-state index contributed by atoms with van der Waals surface area (Å²) in [6.45, 7) is 0. The Balaban J connectivity index is 1.35. The first-order valence-electron chi connectivity index (χ1n) is 28.5. The Morgan fingerprint density at radius 2 is 0.946 bits per heavy atom. The average molecular weight is 739 g/mol. The minimum absolute atomic E-state index is 0.210. The molecule has 0 unspecified atom stereocenters. The maximum Gasteiger partial charge on any atom is 0.238 e. The number of rotatable bonds is 6. The molecule has 11 rings (SSSR count). The molecule has 0 N–H and O–H groups in total. The molecular formula is C51H33N5. The minimum atomic E-state index is -0.922. The molecule has 0 fully saturated rings. The molecule has 0 aliphatic rings. The first kappa shape index (κ1) is 16.4. The van der Waals surface area contributed by atoms with Gasteiger partial charge in [-0.25, -0.2) is 4.98 Å². The summed E-state index contributed by atoms with van der Waals surface area (Å²) in [6.07, 6.45) is 0. The van der Waals surface area contributed by atoms with Gasteiger partial charge in [-0.2, -0.15) is 9.97 Å². The van der Waals surface area contributed by atoms with Crippen molar-refractivity contribution in [2.75, 3.05) is 0 Å². The van der Waals surface area contributed by atoms with Gasteiger partial charge < -0.3 is 4.57 Å². The maximum atomic E-state index is 9.87. The minimum Gasteiger partial charge on any atom is -0.308 e. The van der Waals surface area contributed by atoms with Gasteiger partial charge in [0.05, 0.1) is 59.3 Å². The highest BCUT2D eigenvalue weighted by Gasteiger charge is 2.21. The number of nitrogens with zero attached hydrogens (tertiary/aromatic N) is 5. The standard InChI is InChI=1S/C51H33N5/c1-3-15-34(16-4-1)36-27-29-37(30-28-36)49-52-50(54-51(53-49)56-45-24-12-8-19-39(45)40-20-9-13-25-46(40)56)43-22-10-14-26-47(43)55-44-23-11-7-21-41(44)42-32-31-38(33-48(42)55)35-17-5-2-6-18-35/h1-33H/i2D,5D,6D,7D,8D,9D,10D,12D,13D,14D,17D,18D,19D,20D,21D,22D,23D,24D,25D,26D,31D,32D,33D. The normalized spacial score (nSPS) is 17.3. The Bertz CT molecular complexity index is 4470. The second-order valence-corrected chi connectivity index (χ2v) is 12.3. The quantitative estimate of drug-likeness (QED) is 0.171. The lowest BCUT2D eigenvalue weighted by Gasteiger charge is -2.15. The van der Waals surface area contributed by atoms with Crippen LogP contribution in [0.5, 0.6) is 0 Å². The lowest BCUT2D eigenvalue weighted by molar-refractivity contribution is 0.951. The zero-order chi connectivity index (χ0) is 57.0. The van der Waals surface area contributed by atoms with Crippen LogP contribution in [0.2, 0.25) is 0 Å². The van der Waals surface area contributed by atoms with Gasteiger partial charge in [-0.3, -0.25) is 4.57 Å². The molecule has 0 saturated carbocycles. The molecule has 11 aromatic rings. The fraction of sp³-hybridized carbons (Fsp3) is 0. The topological polar surface area (TPSA) is 48.5 Å². The van der Waals surface area contributed by atoms with Crippen LogP contribution in [0.3, 0.4) is 0 Å². The van der Waals surface area contributed by atoms with Gasteiger partial charge >= 0.3 is 0 Å². The van der Waals surface area contributed by atoms with Crippen LogP contribution in [0.1, 0.15) is 31.5 Å². The van der Waals surface area contributed by atoms with Crippen molar-refractivity contribution < 1.29 is 31.5 Å². The van der Waals surface area contributed by atoms with Gasteiger partial charge in [0.15, 0.2) is 11.6 Å². The van der Waals surface area contributed by atoms with Crippen LogP contribution in [0.4, 0.5) is 0 Å². The van der Waals surface area contributed by atoms with Crippen molar-refractivity contribution in [1.82, 2.24) is 24.1 Å². The largest absolute Gasteiger partial charge is 0.308 e. The maximum absolute atomic E-state index is 9.87. The Morgan fingerprint density at radius 3 is 1.71 bits per heavy atom. The molecule has 56 heavy (non-hydrogen) atoms. The van der Waals surface area contributed by atoms with Crippen LogP contribution in [0.25, 0.3) is 100 Å². The first-order valence-corrected chi connectivity index (χ1v) is 17.0. The van der Waals surface area contributed by atoms with Crippen LogP contribution >= 0.6 is 0 Å². The summed E-state index contributed by atoms with van der Waals surface area (Å²) in [4.78, 5) is 14.3. The monoisotopic (exact) mass is 738 g/mol. The van der Waals surface area contributed by atoms with Gasteiger partial charge in [-0.1, -0.05) is 163 Å². The predicted molar refractivity (Wildman–Crippen MR) is 230 cm³/mol. The molecule has 0 atom stereocenters. The van der Waals surface area contributed by atoms with E-state index >= 15 is 0 Å². The van der Waals surface area contributed by atoms with Crippen LogP contribution in [0.15, 0.2) is 200 Å². The lowest BCUT2D eigenvalue weighted by atomic mass is 10.0. The molecule has 262 valence electrons. The fourth-order valence-corrected chi connectivity index (χ4v) is 6.69. The summed E-state index contributed by atoms with van der Waals surface area (Å²) >= 11 is 0. The van der Waals surface area contributed by atoms with Crippen molar-refractivity contribution >= 4 is 43.6 Å². The molecule has 0 radical (unpaired) electrons. The van der Waals surface area contributed by atoms with E-state index in [4.69, 9.17) is 34.1 Å². The van der Waals surface area contributed by atoms with Crippen molar-refractivity contribution in [3.63, 3.8) is 0 Å². The van der Waals surface area contributed by atoms with Gasteiger partial charge in [0.2, 0.25) is 5.95 Å². The van der Waals surface area contributed by atoms with Crippen molar-refractivity contribution in [2.45, 2.75) is 0 Å². The zero-order valence-electron chi connectivity index (χ0n) is 51.5. The predicted octanol–water partition coefficient (Wildman–Crippen LogP) is 12.7. The van der Waals surface area contributed by atoms with Crippen molar-refractivity contribution in [3.05, 3.63) is 200 Å².